The first-order valence-corrected chi connectivity index (χ1v) is 9.09. The van der Waals surface area contributed by atoms with E-state index in [1.54, 1.807) is 55.5 Å². The minimum atomic E-state index is -0.284. The summed E-state index contributed by atoms with van der Waals surface area (Å²) >= 11 is 0. The van der Waals surface area contributed by atoms with E-state index in [1.165, 1.54) is 0 Å². The zero-order chi connectivity index (χ0) is 19.8. The first-order valence-electron chi connectivity index (χ1n) is 9.09. The minimum absolute atomic E-state index is 0.169. The fraction of sp³-hybridized carbons (Fsp3) is 0.130. The van der Waals surface area contributed by atoms with Crippen molar-refractivity contribution < 1.29 is 14.3 Å². The molecule has 0 aliphatic rings. The lowest BCUT2D eigenvalue weighted by Crippen LogP contribution is -2.35. The number of hydrogen-bond donors (Lipinski definition) is 2. The van der Waals surface area contributed by atoms with Crippen molar-refractivity contribution in [3.05, 3.63) is 90.5 Å². The van der Waals surface area contributed by atoms with Crippen molar-refractivity contribution in [1.29, 1.82) is 0 Å². The molecule has 0 radical (unpaired) electrons. The summed E-state index contributed by atoms with van der Waals surface area (Å²) in [5, 5.41) is 5.66. The highest BCUT2D eigenvalue weighted by Gasteiger charge is 2.13. The molecule has 1 atom stereocenters. The van der Waals surface area contributed by atoms with Crippen molar-refractivity contribution in [2.45, 2.75) is 19.4 Å². The molecular formula is C23H22N2O3. The highest BCUT2D eigenvalue weighted by Crippen LogP contribution is 2.22. The first-order chi connectivity index (χ1) is 13.6. The number of amides is 2. The Morgan fingerprint density at radius 2 is 1.39 bits per heavy atom. The van der Waals surface area contributed by atoms with E-state index in [9.17, 15) is 9.59 Å². The summed E-state index contributed by atoms with van der Waals surface area (Å²) in [7, 11) is 0. The Hall–Kier alpha value is -3.60. The van der Waals surface area contributed by atoms with E-state index < -0.39 is 0 Å². The number of benzene rings is 3. The molecule has 3 aromatic carbocycles. The van der Waals surface area contributed by atoms with Crippen LogP contribution in [0.5, 0.6) is 11.5 Å². The SMILES string of the molecule is CC(CC(=O)Nc1ccc(Oc2ccccc2)cc1)NC(=O)c1ccccc1. The summed E-state index contributed by atoms with van der Waals surface area (Å²) in [5.74, 6) is 1.08. The van der Waals surface area contributed by atoms with Crippen molar-refractivity contribution in [2.24, 2.45) is 0 Å². The van der Waals surface area contributed by atoms with Gasteiger partial charge >= 0.3 is 0 Å². The maximum Gasteiger partial charge on any atom is 0.251 e. The first kappa shape index (κ1) is 19.2. The molecule has 0 aliphatic carbocycles. The standard InChI is InChI=1S/C23H22N2O3/c1-17(24-23(27)18-8-4-2-5-9-18)16-22(26)25-19-12-14-21(15-13-19)28-20-10-6-3-7-11-20/h2-15,17H,16H2,1H3,(H,24,27)(H,25,26). The molecule has 0 saturated heterocycles. The molecule has 2 N–H and O–H groups in total. The average molecular weight is 374 g/mol. The van der Waals surface area contributed by atoms with Crippen LogP contribution in [0, 0.1) is 0 Å². The van der Waals surface area contributed by atoms with Crippen LogP contribution in [0.3, 0.4) is 0 Å². The Bertz CT molecular complexity index is 910. The van der Waals surface area contributed by atoms with Crippen LogP contribution >= 0.6 is 0 Å². The second kappa shape index (κ2) is 9.37. The molecule has 3 rings (SSSR count). The third-order valence-corrected chi connectivity index (χ3v) is 4.02. The molecule has 142 valence electrons. The Morgan fingerprint density at radius 1 is 0.821 bits per heavy atom. The molecule has 2 amide bonds. The lowest BCUT2D eigenvalue weighted by atomic mass is 10.1. The lowest BCUT2D eigenvalue weighted by molar-refractivity contribution is -0.116. The molecular weight excluding hydrogens is 352 g/mol. The quantitative estimate of drug-likeness (QED) is 0.634. The van der Waals surface area contributed by atoms with Gasteiger partial charge in [0.05, 0.1) is 0 Å². The zero-order valence-electron chi connectivity index (χ0n) is 15.6. The smallest absolute Gasteiger partial charge is 0.251 e. The minimum Gasteiger partial charge on any atom is -0.457 e. The van der Waals surface area contributed by atoms with E-state index >= 15 is 0 Å². The average Bonchev–Trinajstić information content (AvgIpc) is 2.70. The van der Waals surface area contributed by atoms with Gasteiger partial charge in [0.2, 0.25) is 5.91 Å². The van der Waals surface area contributed by atoms with Crippen LogP contribution in [-0.4, -0.2) is 17.9 Å². The number of ether oxygens (including phenoxy) is 1. The number of nitrogens with one attached hydrogen (secondary N) is 2. The third-order valence-electron chi connectivity index (χ3n) is 4.02. The van der Waals surface area contributed by atoms with Crippen molar-refractivity contribution in [3.8, 4) is 11.5 Å². The van der Waals surface area contributed by atoms with Gasteiger partial charge in [0, 0.05) is 23.7 Å². The van der Waals surface area contributed by atoms with Gasteiger partial charge in [-0.3, -0.25) is 9.59 Å². The molecule has 0 aromatic heterocycles. The molecule has 0 saturated carbocycles. The number of carbonyl (C=O) groups is 2. The molecule has 0 heterocycles. The van der Waals surface area contributed by atoms with Gasteiger partial charge in [0.15, 0.2) is 0 Å². The Kier molecular flexibility index (Phi) is 6.41. The normalized spacial score (nSPS) is 11.3. The van der Waals surface area contributed by atoms with Gasteiger partial charge in [-0.25, -0.2) is 0 Å². The molecule has 5 heteroatoms. The number of rotatable bonds is 7. The van der Waals surface area contributed by atoms with Crippen LogP contribution in [0.25, 0.3) is 0 Å². The number of carbonyl (C=O) groups excluding carboxylic acids is 2. The summed E-state index contributed by atoms with van der Waals surface area (Å²) in [4.78, 5) is 24.3. The van der Waals surface area contributed by atoms with Crippen LogP contribution in [0.1, 0.15) is 23.7 Å². The highest BCUT2D eigenvalue weighted by molar-refractivity contribution is 5.95. The second-order valence-electron chi connectivity index (χ2n) is 6.43. The maximum absolute atomic E-state index is 12.2. The van der Waals surface area contributed by atoms with Crippen LogP contribution < -0.4 is 15.4 Å². The monoisotopic (exact) mass is 374 g/mol. The Morgan fingerprint density at radius 3 is 2.04 bits per heavy atom. The fourth-order valence-electron chi connectivity index (χ4n) is 2.67. The largest absolute Gasteiger partial charge is 0.457 e. The summed E-state index contributed by atoms with van der Waals surface area (Å²) in [5.41, 5.74) is 1.25. The van der Waals surface area contributed by atoms with E-state index in [1.807, 2.05) is 36.4 Å². The number of hydrogen-bond acceptors (Lipinski definition) is 3. The van der Waals surface area contributed by atoms with Gasteiger partial charge in [-0.1, -0.05) is 36.4 Å². The van der Waals surface area contributed by atoms with Gasteiger partial charge in [-0.15, -0.1) is 0 Å². The van der Waals surface area contributed by atoms with Gasteiger partial charge in [0.25, 0.3) is 5.91 Å². The summed E-state index contributed by atoms with van der Waals surface area (Å²) in [6.07, 6.45) is 0.181. The summed E-state index contributed by atoms with van der Waals surface area (Å²) < 4.78 is 5.73. The molecule has 0 aliphatic heterocycles. The van der Waals surface area contributed by atoms with Crippen LogP contribution in [-0.2, 0) is 4.79 Å². The maximum atomic E-state index is 12.2. The van der Waals surface area contributed by atoms with Gasteiger partial charge in [0.1, 0.15) is 11.5 Å². The molecule has 0 spiro atoms. The van der Waals surface area contributed by atoms with Gasteiger partial charge in [-0.05, 0) is 55.5 Å². The second-order valence-corrected chi connectivity index (χ2v) is 6.43. The number of para-hydroxylation sites is 1. The van der Waals surface area contributed by atoms with Crippen molar-refractivity contribution in [2.75, 3.05) is 5.32 Å². The van der Waals surface area contributed by atoms with Crippen molar-refractivity contribution in [1.82, 2.24) is 5.32 Å². The van der Waals surface area contributed by atoms with Crippen LogP contribution in [0.15, 0.2) is 84.9 Å². The zero-order valence-corrected chi connectivity index (χ0v) is 15.6. The van der Waals surface area contributed by atoms with E-state index in [0.29, 0.717) is 17.0 Å². The third kappa shape index (κ3) is 5.71. The summed E-state index contributed by atoms with van der Waals surface area (Å²) in [6, 6.07) is 25.3. The van der Waals surface area contributed by atoms with E-state index in [4.69, 9.17) is 4.74 Å². The Labute approximate surface area is 164 Å². The van der Waals surface area contributed by atoms with E-state index in [-0.39, 0.29) is 24.3 Å². The predicted octanol–water partition coefficient (Wildman–Crippen LogP) is 4.63. The highest BCUT2D eigenvalue weighted by atomic mass is 16.5. The van der Waals surface area contributed by atoms with Crippen LogP contribution in [0.4, 0.5) is 5.69 Å². The summed E-state index contributed by atoms with van der Waals surface area (Å²) in [6.45, 7) is 1.80. The van der Waals surface area contributed by atoms with Crippen molar-refractivity contribution >= 4 is 17.5 Å². The molecule has 5 nitrogen and oxygen atoms in total. The predicted molar refractivity (Wildman–Crippen MR) is 110 cm³/mol. The molecule has 0 fully saturated rings. The molecule has 0 bridgehead atoms. The van der Waals surface area contributed by atoms with Gasteiger partial charge < -0.3 is 15.4 Å². The molecule has 1 unspecified atom stereocenters. The van der Waals surface area contributed by atoms with E-state index in [2.05, 4.69) is 10.6 Å². The van der Waals surface area contributed by atoms with Gasteiger partial charge in [-0.2, -0.15) is 0 Å². The lowest BCUT2D eigenvalue weighted by Gasteiger charge is -2.14. The topological polar surface area (TPSA) is 67.4 Å². The van der Waals surface area contributed by atoms with Crippen molar-refractivity contribution in [3.63, 3.8) is 0 Å². The number of anilines is 1. The fourth-order valence-corrected chi connectivity index (χ4v) is 2.67. The molecule has 28 heavy (non-hydrogen) atoms. The van der Waals surface area contributed by atoms with E-state index in [0.717, 1.165) is 5.75 Å². The Balaban J connectivity index is 1.48. The molecule has 3 aromatic rings. The van der Waals surface area contributed by atoms with Crippen LogP contribution in [0.2, 0.25) is 0 Å².